The predicted octanol–water partition coefficient (Wildman–Crippen LogP) is 4.92. The molecule has 1 aromatic heterocycles. The van der Waals surface area contributed by atoms with Gasteiger partial charge in [-0.05, 0) is 49.6 Å². The van der Waals surface area contributed by atoms with E-state index in [9.17, 15) is 4.79 Å². The van der Waals surface area contributed by atoms with Crippen LogP contribution in [0, 0.1) is 6.92 Å². The molecule has 148 valence electrons. The van der Waals surface area contributed by atoms with E-state index in [0.717, 1.165) is 22.4 Å². The Morgan fingerprint density at radius 2 is 1.93 bits per heavy atom. The van der Waals surface area contributed by atoms with Crippen LogP contribution in [0.3, 0.4) is 0 Å². The molecule has 1 aliphatic heterocycles. The largest absolute Gasteiger partial charge is 0.277 e. The fourth-order valence-electron chi connectivity index (χ4n) is 3.61. The van der Waals surface area contributed by atoms with E-state index >= 15 is 0 Å². The van der Waals surface area contributed by atoms with Gasteiger partial charge in [-0.3, -0.25) is 9.48 Å². The first-order valence-electron chi connectivity index (χ1n) is 9.58. The van der Waals surface area contributed by atoms with Crippen molar-refractivity contribution in [2.24, 2.45) is 5.10 Å². The lowest BCUT2D eigenvalue weighted by molar-refractivity contribution is 0.0612. The third-order valence-corrected chi connectivity index (χ3v) is 5.25. The molecule has 1 amide bonds. The minimum atomic E-state index is -0.426. The van der Waals surface area contributed by atoms with Gasteiger partial charge in [0, 0.05) is 17.6 Å². The Morgan fingerprint density at radius 3 is 2.66 bits per heavy atom. The van der Waals surface area contributed by atoms with Gasteiger partial charge in [0.2, 0.25) is 0 Å². The van der Waals surface area contributed by atoms with Crippen LogP contribution in [0.2, 0.25) is 5.02 Å². The Morgan fingerprint density at radius 1 is 1.17 bits per heavy atom. The Hall–Kier alpha value is -2.92. The van der Waals surface area contributed by atoms with Crippen molar-refractivity contribution in [3.63, 3.8) is 0 Å². The molecular weight excluding hydrogens is 384 g/mol. The van der Waals surface area contributed by atoms with Gasteiger partial charge in [-0.1, -0.05) is 48.0 Å². The fraction of sp³-hybridized carbons (Fsp3) is 0.261. The minimum absolute atomic E-state index is 0.150. The van der Waals surface area contributed by atoms with Crippen molar-refractivity contribution < 1.29 is 4.79 Å². The number of benzene rings is 2. The second-order valence-corrected chi connectivity index (χ2v) is 8.52. The fourth-order valence-corrected chi connectivity index (χ4v) is 3.90. The number of aromatic nitrogens is 2. The molecular formula is C23H23ClN4O. The highest BCUT2D eigenvalue weighted by Gasteiger charge is 2.39. The van der Waals surface area contributed by atoms with E-state index in [1.807, 2.05) is 69.3 Å². The molecule has 0 radical (unpaired) electrons. The van der Waals surface area contributed by atoms with Crippen LogP contribution < -0.4 is 0 Å². The van der Waals surface area contributed by atoms with Crippen LogP contribution in [0.1, 0.15) is 47.3 Å². The van der Waals surface area contributed by atoms with E-state index in [2.05, 4.69) is 10.2 Å². The number of aryl methyl sites for hydroxylation is 1. The number of amides is 1. The lowest BCUT2D eigenvalue weighted by atomic mass is 9.94. The molecule has 0 aliphatic carbocycles. The topological polar surface area (TPSA) is 50.5 Å². The van der Waals surface area contributed by atoms with Gasteiger partial charge in [-0.15, -0.1) is 0 Å². The average Bonchev–Trinajstić information content (AvgIpc) is 3.25. The molecule has 0 saturated heterocycles. The molecule has 0 atom stereocenters. The number of hydrazone groups is 1. The number of rotatable bonds is 4. The van der Waals surface area contributed by atoms with Gasteiger partial charge in [-0.25, -0.2) is 5.01 Å². The first-order valence-corrected chi connectivity index (χ1v) is 9.96. The average molecular weight is 407 g/mol. The van der Waals surface area contributed by atoms with Gasteiger partial charge >= 0.3 is 0 Å². The monoisotopic (exact) mass is 406 g/mol. The zero-order valence-corrected chi connectivity index (χ0v) is 17.5. The highest BCUT2D eigenvalue weighted by molar-refractivity contribution is 6.31. The van der Waals surface area contributed by atoms with Gasteiger partial charge in [0.1, 0.15) is 0 Å². The van der Waals surface area contributed by atoms with E-state index in [-0.39, 0.29) is 5.91 Å². The zero-order valence-electron chi connectivity index (χ0n) is 16.8. The number of nitrogens with zero attached hydrogens (tertiary/aromatic N) is 4. The molecule has 6 heteroatoms. The SMILES string of the molecule is Cc1cc(Cl)cc(C2=NN(C(=O)c3cnn(Cc4ccccc4)c3)C(C)(C)C2)c1. The molecule has 2 aromatic carbocycles. The molecule has 0 unspecified atom stereocenters. The van der Waals surface area contributed by atoms with Crippen molar-refractivity contribution in [1.82, 2.24) is 14.8 Å². The molecule has 3 aromatic rings. The van der Waals surface area contributed by atoms with Crippen molar-refractivity contribution in [3.8, 4) is 0 Å². The lowest BCUT2D eigenvalue weighted by Gasteiger charge is -2.28. The molecule has 2 heterocycles. The van der Waals surface area contributed by atoms with Gasteiger partial charge in [0.15, 0.2) is 0 Å². The van der Waals surface area contributed by atoms with Gasteiger partial charge < -0.3 is 0 Å². The van der Waals surface area contributed by atoms with Crippen LogP contribution >= 0.6 is 11.6 Å². The highest BCUT2D eigenvalue weighted by atomic mass is 35.5. The Bertz CT molecular complexity index is 1070. The van der Waals surface area contributed by atoms with Crippen LogP contribution in [-0.2, 0) is 6.54 Å². The molecule has 0 N–H and O–H groups in total. The number of carbonyl (C=O) groups excluding carboxylic acids is 1. The predicted molar refractivity (Wildman–Crippen MR) is 115 cm³/mol. The molecule has 5 nitrogen and oxygen atoms in total. The number of carbonyl (C=O) groups is 1. The minimum Gasteiger partial charge on any atom is -0.268 e. The Labute approximate surface area is 175 Å². The molecule has 0 spiro atoms. The van der Waals surface area contributed by atoms with Crippen molar-refractivity contribution in [2.45, 2.75) is 39.3 Å². The van der Waals surface area contributed by atoms with Crippen molar-refractivity contribution in [2.75, 3.05) is 0 Å². The van der Waals surface area contributed by atoms with Crippen molar-refractivity contribution in [1.29, 1.82) is 0 Å². The molecule has 0 saturated carbocycles. The summed E-state index contributed by atoms with van der Waals surface area (Å²) in [6, 6.07) is 15.9. The maximum atomic E-state index is 13.2. The number of hydrogen-bond donors (Lipinski definition) is 0. The van der Waals surface area contributed by atoms with Crippen molar-refractivity contribution >= 4 is 23.2 Å². The number of hydrogen-bond acceptors (Lipinski definition) is 3. The quantitative estimate of drug-likeness (QED) is 0.617. The highest BCUT2D eigenvalue weighted by Crippen LogP contribution is 2.32. The first-order chi connectivity index (χ1) is 13.8. The Balaban J connectivity index is 1.58. The molecule has 1 aliphatic rings. The summed E-state index contributed by atoms with van der Waals surface area (Å²) in [5.41, 5.74) is 4.13. The van der Waals surface area contributed by atoms with E-state index in [1.165, 1.54) is 0 Å². The third-order valence-electron chi connectivity index (χ3n) is 5.03. The lowest BCUT2D eigenvalue weighted by Crippen LogP contribution is -2.40. The summed E-state index contributed by atoms with van der Waals surface area (Å²) >= 11 is 6.22. The van der Waals surface area contributed by atoms with Crippen LogP contribution in [-0.4, -0.2) is 31.9 Å². The van der Waals surface area contributed by atoms with Gasteiger partial charge in [0.05, 0.1) is 29.6 Å². The van der Waals surface area contributed by atoms with E-state index in [4.69, 9.17) is 11.6 Å². The second-order valence-electron chi connectivity index (χ2n) is 8.08. The zero-order chi connectivity index (χ0) is 20.6. The van der Waals surface area contributed by atoms with Gasteiger partial charge in [-0.2, -0.15) is 10.2 Å². The second kappa shape index (κ2) is 7.48. The van der Waals surface area contributed by atoms with Crippen LogP contribution in [0.4, 0.5) is 0 Å². The standard InChI is InChI=1S/C23H23ClN4O/c1-16-9-18(11-20(24)10-16)21-12-23(2,3)28(26-21)22(29)19-13-25-27(15-19)14-17-7-5-4-6-8-17/h4-11,13,15H,12,14H2,1-3H3. The van der Waals surface area contributed by atoms with Crippen LogP contribution in [0.25, 0.3) is 0 Å². The summed E-state index contributed by atoms with van der Waals surface area (Å²) in [6.07, 6.45) is 4.05. The van der Waals surface area contributed by atoms with E-state index in [1.54, 1.807) is 22.1 Å². The smallest absolute Gasteiger partial charge is 0.268 e. The van der Waals surface area contributed by atoms with E-state index in [0.29, 0.717) is 23.6 Å². The Kier molecular flexibility index (Phi) is 5.01. The normalized spacial score (nSPS) is 15.4. The maximum Gasteiger partial charge on any atom is 0.277 e. The first kappa shape index (κ1) is 19.4. The summed E-state index contributed by atoms with van der Waals surface area (Å²) in [5.74, 6) is -0.150. The van der Waals surface area contributed by atoms with Crippen molar-refractivity contribution in [3.05, 3.63) is 88.2 Å². The molecule has 29 heavy (non-hydrogen) atoms. The summed E-state index contributed by atoms with van der Waals surface area (Å²) in [5, 5.41) is 11.3. The summed E-state index contributed by atoms with van der Waals surface area (Å²) < 4.78 is 1.77. The van der Waals surface area contributed by atoms with Crippen LogP contribution in [0.15, 0.2) is 66.0 Å². The summed E-state index contributed by atoms with van der Waals surface area (Å²) in [7, 11) is 0. The maximum absolute atomic E-state index is 13.2. The molecule has 4 rings (SSSR count). The molecule has 0 fully saturated rings. The van der Waals surface area contributed by atoms with Gasteiger partial charge in [0.25, 0.3) is 5.91 Å². The summed E-state index contributed by atoms with van der Waals surface area (Å²) in [4.78, 5) is 13.2. The summed E-state index contributed by atoms with van der Waals surface area (Å²) in [6.45, 7) is 6.66. The van der Waals surface area contributed by atoms with Crippen LogP contribution in [0.5, 0.6) is 0 Å². The van der Waals surface area contributed by atoms with E-state index < -0.39 is 5.54 Å². The third kappa shape index (κ3) is 4.10. The number of halogens is 1. The molecule has 0 bridgehead atoms.